The molecule has 0 radical (unpaired) electrons. The SMILES string of the molecule is CC1CCC(C(=O)NCC2CCCC2Br)CC1. The van der Waals surface area contributed by atoms with E-state index in [0.717, 1.165) is 25.3 Å². The number of alkyl halides is 1. The van der Waals surface area contributed by atoms with Crippen LogP contribution < -0.4 is 5.32 Å². The lowest BCUT2D eigenvalue weighted by Gasteiger charge is -2.26. The van der Waals surface area contributed by atoms with Gasteiger partial charge in [-0.25, -0.2) is 0 Å². The first kappa shape index (κ1) is 13.4. The van der Waals surface area contributed by atoms with Gasteiger partial charge in [-0.05, 0) is 50.4 Å². The lowest BCUT2D eigenvalue weighted by Crippen LogP contribution is -2.36. The molecule has 3 heteroatoms. The number of nitrogens with one attached hydrogen (secondary N) is 1. The molecular formula is C14H24BrNO. The van der Waals surface area contributed by atoms with Crippen LogP contribution in [0.2, 0.25) is 0 Å². The van der Waals surface area contributed by atoms with Gasteiger partial charge in [0.25, 0.3) is 0 Å². The molecule has 2 rings (SSSR count). The van der Waals surface area contributed by atoms with E-state index in [-0.39, 0.29) is 0 Å². The summed E-state index contributed by atoms with van der Waals surface area (Å²) >= 11 is 3.71. The summed E-state index contributed by atoms with van der Waals surface area (Å²) in [6.07, 6.45) is 8.47. The number of halogens is 1. The highest BCUT2D eigenvalue weighted by atomic mass is 79.9. The van der Waals surface area contributed by atoms with Gasteiger partial charge < -0.3 is 5.32 Å². The van der Waals surface area contributed by atoms with Crippen molar-refractivity contribution in [1.29, 1.82) is 0 Å². The summed E-state index contributed by atoms with van der Waals surface area (Å²) in [5.74, 6) is 2.08. The van der Waals surface area contributed by atoms with Gasteiger partial charge in [0.2, 0.25) is 5.91 Å². The Bertz CT molecular complexity index is 261. The van der Waals surface area contributed by atoms with Crippen molar-refractivity contribution in [2.75, 3.05) is 6.54 Å². The molecule has 2 nitrogen and oxygen atoms in total. The summed E-state index contributed by atoms with van der Waals surface area (Å²) in [6.45, 7) is 3.17. The number of rotatable bonds is 3. The molecule has 2 aliphatic carbocycles. The van der Waals surface area contributed by atoms with Crippen LogP contribution in [0.3, 0.4) is 0 Å². The van der Waals surface area contributed by atoms with Gasteiger partial charge >= 0.3 is 0 Å². The monoisotopic (exact) mass is 301 g/mol. The van der Waals surface area contributed by atoms with Crippen molar-refractivity contribution >= 4 is 21.8 Å². The summed E-state index contributed by atoms with van der Waals surface area (Å²) in [5.41, 5.74) is 0. The minimum atomic E-state index is 0.293. The van der Waals surface area contributed by atoms with E-state index in [1.54, 1.807) is 0 Å². The molecule has 1 amide bonds. The van der Waals surface area contributed by atoms with E-state index < -0.39 is 0 Å². The largest absolute Gasteiger partial charge is 0.356 e. The van der Waals surface area contributed by atoms with E-state index in [4.69, 9.17) is 0 Å². The van der Waals surface area contributed by atoms with E-state index in [2.05, 4.69) is 28.2 Å². The molecule has 0 aromatic carbocycles. The maximum Gasteiger partial charge on any atom is 0.223 e. The fourth-order valence-electron chi connectivity index (χ4n) is 3.12. The van der Waals surface area contributed by atoms with Gasteiger partial charge in [0, 0.05) is 17.3 Å². The lowest BCUT2D eigenvalue weighted by atomic mass is 9.82. The van der Waals surface area contributed by atoms with Crippen LogP contribution in [-0.2, 0) is 4.79 Å². The van der Waals surface area contributed by atoms with Crippen LogP contribution in [0.25, 0.3) is 0 Å². The van der Waals surface area contributed by atoms with Crippen LogP contribution in [-0.4, -0.2) is 17.3 Å². The molecular weight excluding hydrogens is 278 g/mol. The highest BCUT2D eigenvalue weighted by Crippen LogP contribution is 2.31. The van der Waals surface area contributed by atoms with Gasteiger partial charge in [-0.1, -0.05) is 29.3 Å². The van der Waals surface area contributed by atoms with E-state index in [9.17, 15) is 4.79 Å². The standard InChI is InChI=1S/C14H24BrNO/c1-10-5-7-11(8-6-10)14(17)16-9-12-3-2-4-13(12)15/h10-13H,2-9H2,1H3,(H,16,17). The number of hydrogen-bond donors (Lipinski definition) is 1. The van der Waals surface area contributed by atoms with Gasteiger partial charge in [-0.2, -0.15) is 0 Å². The summed E-state index contributed by atoms with van der Waals surface area (Å²) in [6, 6.07) is 0. The number of hydrogen-bond acceptors (Lipinski definition) is 1. The van der Waals surface area contributed by atoms with Crippen LogP contribution in [0.1, 0.15) is 51.9 Å². The first-order valence-electron chi connectivity index (χ1n) is 7.08. The highest BCUT2D eigenvalue weighted by Gasteiger charge is 2.28. The predicted molar refractivity (Wildman–Crippen MR) is 74.2 cm³/mol. The Morgan fingerprint density at radius 1 is 1.18 bits per heavy atom. The Morgan fingerprint density at radius 2 is 1.88 bits per heavy atom. The van der Waals surface area contributed by atoms with E-state index in [1.165, 1.54) is 32.1 Å². The van der Waals surface area contributed by atoms with Crippen molar-refractivity contribution in [3.05, 3.63) is 0 Å². The van der Waals surface area contributed by atoms with Gasteiger partial charge in [-0.15, -0.1) is 0 Å². The van der Waals surface area contributed by atoms with Gasteiger partial charge in [0.15, 0.2) is 0 Å². The van der Waals surface area contributed by atoms with Crippen molar-refractivity contribution in [3.8, 4) is 0 Å². The molecule has 17 heavy (non-hydrogen) atoms. The Kier molecular flexibility index (Phi) is 4.89. The first-order valence-corrected chi connectivity index (χ1v) is 8.00. The van der Waals surface area contributed by atoms with E-state index in [0.29, 0.717) is 22.6 Å². The Hall–Kier alpha value is -0.0500. The highest BCUT2D eigenvalue weighted by molar-refractivity contribution is 9.09. The van der Waals surface area contributed by atoms with Crippen LogP contribution in [0.4, 0.5) is 0 Å². The molecule has 0 heterocycles. The second-order valence-corrected chi connectivity index (χ2v) is 7.09. The van der Waals surface area contributed by atoms with Gasteiger partial charge in [0.05, 0.1) is 0 Å². The van der Waals surface area contributed by atoms with E-state index >= 15 is 0 Å². The summed E-state index contributed by atoms with van der Waals surface area (Å²) in [7, 11) is 0. The molecule has 2 atom stereocenters. The minimum absolute atomic E-state index is 0.293. The Balaban J connectivity index is 1.70. The molecule has 0 bridgehead atoms. The molecule has 2 aliphatic rings. The van der Waals surface area contributed by atoms with Crippen LogP contribution in [0.5, 0.6) is 0 Å². The zero-order valence-corrected chi connectivity index (χ0v) is 12.3. The normalized spacial score (nSPS) is 38.0. The Morgan fingerprint density at radius 3 is 2.47 bits per heavy atom. The molecule has 0 aromatic rings. The predicted octanol–water partition coefficient (Wildman–Crippen LogP) is 3.49. The zero-order chi connectivity index (χ0) is 12.3. The van der Waals surface area contributed by atoms with Crippen molar-refractivity contribution in [2.45, 2.75) is 56.7 Å². The maximum atomic E-state index is 12.0. The third kappa shape index (κ3) is 3.70. The van der Waals surface area contributed by atoms with Crippen LogP contribution >= 0.6 is 15.9 Å². The third-order valence-electron chi connectivity index (χ3n) is 4.49. The average molecular weight is 302 g/mol. The fraction of sp³-hybridized carbons (Fsp3) is 0.929. The van der Waals surface area contributed by atoms with Crippen molar-refractivity contribution < 1.29 is 4.79 Å². The molecule has 98 valence electrons. The molecule has 0 saturated heterocycles. The maximum absolute atomic E-state index is 12.0. The molecule has 2 unspecified atom stereocenters. The minimum Gasteiger partial charge on any atom is -0.356 e. The lowest BCUT2D eigenvalue weighted by molar-refractivity contribution is -0.126. The second-order valence-electron chi connectivity index (χ2n) is 5.91. The number of carbonyl (C=O) groups is 1. The number of carbonyl (C=O) groups excluding carboxylic acids is 1. The van der Waals surface area contributed by atoms with Crippen molar-refractivity contribution in [1.82, 2.24) is 5.32 Å². The summed E-state index contributed by atoms with van der Waals surface area (Å²) in [5, 5.41) is 3.17. The van der Waals surface area contributed by atoms with Gasteiger partial charge in [-0.3, -0.25) is 4.79 Å². The average Bonchev–Trinajstić information content (AvgIpc) is 2.73. The quantitative estimate of drug-likeness (QED) is 0.794. The topological polar surface area (TPSA) is 29.1 Å². The third-order valence-corrected chi connectivity index (χ3v) is 5.70. The molecule has 1 N–H and O–H groups in total. The fourth-order valence-corrected chi connectivity index (χ4v) is 3.89. The van der Waals surface area contributed by atoms with Crippen molar-refractivity contribution in [2.24, 2.45) is 17.8 Å². The molecule has 2 fully saturated rings. The van der Waals surface area contributed by atoms with E-state index in [1.807, 2.05) is 0 Å². The number of amides is 1. The zero-order valence-electron chi connectivity index (χ0n) is 10.8. The molecule has 2 saturated carbocycles. The van der Waals surface area contributed by atoms with Crippen molar-refractivity contribution in [3.63, 3.8) is 0 Å². The Labute approximate surface area is 113 Å². The van der Waals surface area contributed by atoms with Crippen LogP contribution in [0, 0.1) is 17.8 Å². The molecule has 0 aliphatic heterocycles. The van der Waals surface area contributed by atoms with Gasteiger partial charge in [0.1, 0.15) is 0 Å². The molecule has 0 aromatic heterocycles. The summed E-state index contributed by atoms with van der Waals surface area (Å²) in [4.78, 5) is 12.7. The van der Waals surface area contributed by atoms with Crippen LogP contribution in [0.15, 0.2) is 0 Å². The second kappa shape index (κ2) is 6.21. The first-order chi connectivity index (χ1) is 8.16. The molecule has 0 spiro atoms. The smallest absolute Gasteiger partial charge is 0.223 e. The summed E-state index contributed by atoms with van der Waals surface area (Å²) < 4.78 is 0.